The van der Waals surface area contributed by atoms with Gasteiger partial charge in [0.2, 0.25) is 11.7 Å². The molecule has 8 heteroatoms. The number of rotatable bonds is 5. The maximum Gasteiger partial charge on any atom is 0.262 e. The molecule has 24 heavy (non-hydrogen) atoms. The maximum absolute atomic E-state index is 11.8. The van der Waals surface area contributed by atoms with E-state index < -0.39 is 5.91 Å². The number of carbonyl (C=O) groups is 2. The van der Waals surface area contributed by atoms with Crippen LogP contribution in [0.15, 0.2) is 30.3 Å². The molecule has 0 unspecified atom stereocenters. The van der Waals surface area contributed by atoms with Crippen molar-refractivity contribution in [3.05, 3.63) is 30.3 Å². The van der Waals surface area contributed by atoms with Gasteiger partial charge in [0.05, 0.1) is 0 Å². The van der Waals surface area contributed by atoms with E-state index in [9.17, 15) is 9.59 Å². The fourth-order valence-corrected chi connectivity index (χ4v) is 2.85. The predicted molar refractivity (Wildman–Crippen MR) is 86.1 cm³/mol. The largest absolute Gasteiger partial charge is 0.273 e. The molecule has 1 fully saturated rings. The van der Waals surface area contributed by atoms with Gasteiger partial charge >= 0.3 is 0 Å². The summed E-state index contributed by atoms with van der Waals surface area (Å²) in [6.07, 6.45) is 5.01. The highest BCUT2D eigenvalue weighted by molar-refractivity contribution is 5.81. The molecule has 1 aliphatic carbocycles. The number of amides is 2. The van der Waals surface area contributed by atoms with Crippen LogP contribution >= 0.6 is 0 Å². The molecule has 0 saturated heterocycles. The SMILES string of the molecule is O=C(CC1CCCC1)NNC(=O)Cn1nnc(-c2ccccc2)n1. The Labute approximate surface area is 139 Å². The van der Waals surface area contributed by atoms with E-state index in [4.69, 9.17) is 0 Å². The second kappa shape index (κ2) is 7.67. The first-order chi connectivity index (χ1) is 11.7. The number of hydrogen-bond donors (Lipinski definition) is 2. The lowest BCUT2D eigenvalue weighted by atomic mass is 10.0. The Balaban J connectivity index is 1.45. The van der Waals surface area contributed by atoms with E-state index in [1.54, 1.807) is 0 Å². The van der Waals surface area contributed by atoms with Crippen LogP contribution < -0.4 is 10.9 Å². The summed E-state index contributed by atoms with van der Waals surface area (Å²) in [5.41, 5.74) is 5.65. The van der Waals surface area contributed by atoms with E-state index in [2.05, 4.69) is 26.3 Å². The molecular weight excluding hydrogens is 308 g/mol. The van der Waals surface area contributed by atoms with E-state index in [1.807, 2.05) is 30.3 Å². The third-order valence-electron chi connectivity index (χ3n) is 4.06. The molecule has 0 spiro atoms. The number of tetrazole rings is 1. The zero-order valence-electron chi connectivity index (χ0n) is 13.3. The van der Waals surface area contributed by atoms with Crippen LogP contribution in [0.25, 0.3) is 11.4 Å². The molecule has 0 radical (unpaired) electrons. The molecule has 1 aliphatic rings. The predicted octanol–water partition coefficient (Wildman–Crippen LogP) is 1.07. The topological polar surface area (TPSA) is 102 Å². The van der Waals surface area contributed by atoms with E-state index >= 15 is 0 Å². The van der Waals surface area contributed by atoms with Crippen molar-refractivity contribution in [3.63, 3.8) is 0 Å². The third-order valence-corrected chi connectivity index (χ3v) is 4.06. The van der Waals surface area contributed by atoms with Crippen LogP contribution in [-0.2, 0) is 16.1 Å². The summed E-state index contributed by atoms with van der Waals surface area (Å²) in [7, 11) is 0. The van der Waals surface area contributed by atoms with Crippen LogP contribution in [0.2, 0.25) is 0 Å². The highest BCUT2D eigenvalue weighted by atomic mass is 16.2. The van der Waals surface area contributed by atoms with Gasteiger partial charge < -0.3 is 0 Å². The number of carbonyl (C=O) groups excluding carboxylic acids is 2. The first-order valence-corrected chi connectivity index (χ1v) is 8.11. The van der Waals surface area contributed by atoms with Crippen molar-refractivity contribution < 1.29 is 9.59 Å². The Morgan fingerprint density at radius 1 is 1.08 bits per heavy atom. The summed E-state index contributed by atoms with van der Waals surface area (Å²) in [5.74, 6) is 0.333. The lowest BCUT2D eigenvalue weighted by Crippen LogP contribution is -2.43. The van der Waals surface area contributed by atoms with Gasteiger partial charge in [-0.25, -0.2) is 0 Å². The molecule has 0 atom stereocenters. The molecule has 2 N–H and O–H groups in total. The van der Waals surface area contributed by atoms with Gasteiger partial charge in [-0.1, -0.05) is 43.2 Å². The fourth-order valence-electron chi connectivity index (χ4n) is 2.85. The Hall–Kier alpha value is -2.77. The molecule has 2 amide bonds. The smallest absolute Gasteiger partial charge is 0.262 e. The van der Waals surface area contributed by atoms with E-state index in [-0.39, 0.29) is 12.5 Å². The molecule has 1 aromatic heterocycles. The molecule has 0 aliphatic heterocycles. The second-order valence-electron chi connectivity index (χ2n) is 5.96. The molecule has 2 aromatic rings. The van der Waals surface area contributed by atoms with Gasteiger partial charge in [-0.05, 0) is 24.0 Å². The van der Waals surface area contributed by atoms with Gasteiger partial charge in [-0.15, -0.1) is 10.2 Å². The highest BCUT2D eigenvalue weighted by Crippen LogP contribution is 2.27. The first kappa shape index (κ1) is 16.1. The van der Waals surface area contributed by atoms with E-state index in [0.717, 1.165) is 18.4 Å². The minimum atomic E-state index is -0.396. The normalized spacial score (nSPS) is 14.5. The third kappa shape index (κ3) is 4.37. The van der Waals surface area contributed by atoms with Crippen LogP contribution in [-0.4, -0.2) is 32.0 Å². The van der Waals surface area contributed by atoms with Crippen LogP contribution in [0.1, 0.15) is 32.1 Å². The number of nitrogens with zero attached hydrogens (tertiary/aromatic N) is 4. The highest BCUT2D eigenvalue weighted by Gasteiger charge is 2.18. The van der Waals surface area contributed by atoms with Gasteiger partial charge in [0.25, 0.3) is 5.91 Å². The summed E-state index contributed by atoms with van der Waals surface area (Å²) in [6.45, 7) is -0.108. The van der Waals surface area contributed by atoms with Crippen LogP contribution in [0.3, 0.4) is 0 Å². The van der Waals surface area contributed by atoms with Crippen molar-refractivity contribution in [3.8, 4) is 11.4 Å². The minimum absolute atomic E-state index is 0.108. The summed E-state index contributed by atoms with van der Waals surface area (Å²) >= 11 is 0. The number of nitrogens with one attached hydrogen (secondary N) is 2. The van der Waals surface area contributed by atoms with Crippen molar-refractivity contribution in [2.24, 2.45) is 5.92 Å². The molecule has 3 rings (SSSR count). The summed E-state index contributed by atoms with van der Waals surface area (Å²) < 4.78 is 0. The molecular formula is C16H20N6O2. The van der Waals surface area contributed by atoms with Crippen LogP contribution in [0, 0.1) is 5.92 Å². The average molecular weight is 328 g/mol. The van der Waals surface area contributed by atoms with Gasteiger partial charge in [0.1, 0.15) is 6.54 Å². The Morgan fingerprint density at radius 3 is 2.54 bits per heavy atom. The minimum Gasteiger partial charge on any atom is -0.273 e. The molecule has 1 saturated carbocycles. The van der Waals surface area contributed by atoms with Gasteiger partial charge in [-0.2, -0.15) is 4.80 Å². The Kier molecular flexibility index (Phi) is 5.15. The molecule has 1 heterocycles. The van der Waals surface area contributed by atoms with Crippen molar-refractivity contribution in [1.29, 1.82) is 0 Å². The molecule has 1 aromatic carbocycles. The standard InChI is InChI=1S/C16H20N6O2/c23-14(10-12-6-4-5-7-12)17-18-15(24)11-22-20-16(19-21-22)13-8-2-1-3-9-13/h1-3,8-9,12H,4-7,10-11H2,(H,17,23)(H,18,24). The van der Waals surface area contributed by atoms with Crippen LogP contribution in [0.4, 0.5) is 0 Å². The fraction of sp³-hybridized carbons (Fsp3) is 0.438. The zero-order chi connectivity index (χ0) is 16.8. The Bertz CT molecular complexity index is 694. The molecule has 0 bridgehead atoms. The van der Waals surface area contributed by atoms with Gasteiger partial charge in [0, 0.05) is 12.0 Å². The van der Waals surface area contributed by atoms with Gasteiger partial charge in [-0.3, -0.25) is 20.4 Å². The summed E-state index contributed by atoms with van der Waals surface area (Å²) in [5, 5.41) is 11.9. The average Bonchev–Trinajstić information content (AvgIpc) is 3.26. The van der Waals surface area contributed by atoms with Crippen molar-refractivity contribution in [2.75, 3.05) is 0 Å². The van der Waals surface area contributed by atoms with Crippen molar-refractivity contribution in [1.82, 2.24) is 31.1 Å². The van der Waals surface area contributed by atoms with Crippen LogP contribution in [0.5, 0.6) is 0 Å². The second-order valence-corrected chi connectivity index (χ2v) is 5.96. The summed E-state index contributed by atoms with van der Waals surface area (Å²) in [6, 6.07) is 9.39. The van der Waals surface area contributed by atoms with E-state index in [1.165, 1.54) is 17.6 Å². The van der Waals surface area contributed by atoms with Crippen molar-refractivity contribution >= 4 is 11.8 Å². The zero-order valence-corrected chi connectivity index (χ0v) is 13.3. The quantitative estimate of drug-likeness (QED) is 0.799. The summed E-state index contributed by atoms with van der Waals surface area (Å²) in [4.78, 5) is 24.8. The van der Waals surface area contributed by atoms with Gasteiger partial charge in [0.15, 0.2) is 0 Å². The monoisotopic (exact) mass is 328 g/mol. The number of aromatic nitrogens is 4. The number of hydrazine groups is 1. The van der Waals surface area contributed by atoms with Crippen molar-refractivity contribution in [2.45, 2.75) is 38.6 Å². The maximum atomic E-state index is 11.8. The lowest BCUT2D eigenvalue weighted by Gasteiger charge is -2.10. The lowest BCUT2D eigenvalue weighted by molar-refractivity contribution is -0.129. The molecule has 8 nitrogen and oxygen atoms in total. The number of benzene rings is 1. The number of hydrogen-bond acceptors (Lipinski definition) is 5. The molecule has 126 valence electrons. The van der Waals surface area contributed by atoms with E-state index in [0.29, 0.717) is 18.2 Å². The first-order valence-electron chi connectivity index (χ1n) is 8.11. The Morgan fingerprint density at radius 2 is 1.79 bits per heavy atom.